The van der Waals surface area contributed by atoms with Gasteiger partial charge in [0.2, 0.25) is 0 Å². The Morgan fingerprint density at radius 1 is 1.29 bits per heavy atom. The molecule has 1 aliphatic heterocycles. The van der Waals surface area contributed by atoms with E-state index in [1.165, 1.54) is 5.56 Å². The first kappa shape index (κ1) is 13.7. The van der Waals surface area contributed by atoms with E-state index in [0.29, 0.717) is 11.4 Å². The minimum Gasteiger partial charge on any atom is -0.397 e. The van der Waals surface area contributed by atoms with E-state index in [1.54, 1.807) is 6.07 Å². The Labute approximate surface area is 125 Å². The van der Waals surface area contributed by atoms with E-state index in [-0.39, 0.29) is 5.91 Å². The summed E-state index contributed by atoms with van der Waals surface area (Å²) in [5.41, 5.74) is 9.47. The molecule has 0 saturated heterocycles. The first-order valence-electron chi connectivity index (χ1n) is 7.56. The SMILES string of the molecule is CCn1cc(N)cc1C(=O)N1CCCCc2ccccc21. The Balaban J connectivity index is 2.01. The predicted molar refractivity (Wildman–Crippen MR) is 85.6 cm³/mol. The molecule has 21 heavy (non-hydrogen) atoms. The second-order valence-electron chi connectivity index (χ2n) is 5.49. The van der Waals surface area contributed by atoms with Crippen LogP contribution in [0.15, 0.2) is 36.5 Å². The summed E-state index contributed by atoms with van der Waals surface area (Å²) in [6.45, 7) is 3.53. The van der Waals surface area contributed by atoms with Crippen LogP contribution in [-0.4, -0.2) is 17.0 Å². The van der Waals surface area contributed by atoms with Crippen LogP contribution in [0.1, 0.15) is 35.8 Å². The summed E-state index contributed by atoms with van der Waals surface area (Å²) >= 11 is 0. The lowest BCUT2D eigenvalue weighted by Gasteiger charge is -2.23. The number of amides is 1. The van der Waals surface area contributed by atoms with Crippen LogP contribution >= 0.6 is 0 Å². The van der Waals surface area contributed by atoms with Crippen molar-refractivity contribution in [1.82, 2.24) is 4.57 Å². The van der Waals surface area contributed by atoms with Crippen LogP contribution in [0.2, 0.25) is 0 Å². The topological polar surface area (TPSA) is 51.3 Å². The predicted octanol–water partition coefficient (Wildman–Crippen LogP) is 3.07. The molecule has 2 aromatic rings. The van der Waals surface area contributed by atoms with Gasteiger partial charge in [-0.3, -0.25) is 4.79 Å². The molecule has 0 bridgehead atoms. The number of fused-ring (bicyclic) bond motifs is 1. The van der Waals surface area contributed by atoms with Gasteiger partial charge in [-0.1, -0.05) is 18.2 Å². The summed E-state index contributed by atoms with van der Waals surface area (Å²) in [6, 6.07) is 9.98. The molecule has 110 valence electrons. The van der Waals surface area contributed by atoms with E-state index in [0.717, 1.165) is 38.0 Å². The quantitative estimate of drug-likeness (QED) is 0.921. The van der Waals surface area contributed by atoms with Gasteiger partial charge in [-0.2, -0.15) is 0 Å². The molecule has 4 heteroatoms. The maximum atomic E-state index is 13.0. The number of carbonyl (C=O) groups excluding carboxylic acids is 1. The lowest BCUT2D eigenvalue weighted by Crippen LogP contribution is -2.33. The first-order chi connectivity index (χ1) is 10.2. The highest BCUT2D eigenvalue weighted by Crippen LogP contribution is 2.28. The molecule has 1 aromatic carbocycles. The number of para-hydroxylation sites is 1. The Morgan fingerprint density at radius 3 is 2.90 bits per heavy atom. The molecule has 4 nitrogen and oxygen atoms in total. The van der Waals surface area contributed by atoms with E-state index in [9.17, 15) is 4.79 Å². The van der Waals surface area contributed by atoms with Gasteiger partial charge in [0.25, 0.3) is 5.91 Å². The monoisotopic (exact) mass is 283 g/mol. The van der Waals surface area contributed by atoms with Gasteiger partial charge >= 0.3 is 0 Å². The van der Waals surface area contributed by atoms with Crippen LogP contribution in [0.3, 0.4) is 0 Å². The molecular formula is C17H21N3O. The Bertz CT molecular complexity index is 660. The number of nitrogens with two attached hydrogens (primary N) is 1. The zero-order valence-corrected chi connectivity index (χ0v) is 12.4. The maximum Gasteiger partial charge on any atom is 0.274 e. The fourth-order valence-corrected chi connectivity index (χ4v) is 3.01. The highest BCUT2D eigenvalue weighted by atomic mass is 16.2. The van der Waals surface area contributed by atoms with Crippen molar-refractivity contribution < 1.29 is 4.79 Å². The van der Waals surface area contributed by atoms with Gasteiger partial charge in [0.05, 0.1) is 5.69 Å². The molecule has 0 atom stereocenters. The van der Waals surface area contributed by atoms with Gasteiger partial charge < -0.3 is 15.2 Å². The van der Waals surface area contributed by atoms with Crippen molar-refractivity contribution in [2.75, 3.05) is 17.2 Å². The Morgan fingerprint density at radius 2 is 2.10 bits per heavy atom. The molecule has 0 unspecified atom stereocenters. The lowest BCUT2D eigenvalue weighted by atomic mass is 10.1. The number of benzene rings is 1. The molecule has 0 fully saturated rings. The number of hydrogen-bond donors (Lipinski definition) is 1. The lowest BCUT2D eigenvalue weighted by molar-refractivity contribution is 0.0978. The fraction of sp³-hybridized carbons (Fsp3) is 0.353. The number of nitrogens with zero attached hydrogens (tertiary/aromatic N) is 2. The van der Waals surface area contributed by atoms with Crippen molar-refractivity contribution in [3.8, 4) is 0 Å². The summed E-state index contributed by atoms with van der Waals surface area (Å²) in [6.07, 6.45) is 5.02. The Kier molecular flexibility index (Phi) is 3.69. The molecule has 2 heterocycles. The smallest absolute Gasteiger partial charge is 0.274 e. The first-order valence-corrected chi connectivity index (χ1v) is 7.56. The van der Waals surface area contributed by atoms with Gasteiger partial charge in [0.1, 0.15) is 5.69 Å². The van der Waals surface area contributed by atoms with Gasteiger partial charge in [0.15, 0.2) is 0 Å². The maximum absolute atomic E-state index is 13.0. The van der Waals surface area contributed by atoms with Gasteiger partial charge in [-0.25, -0.2) is 0 Å². The average molecular weight is 283 g/mol. The summed E-state index contributed by atoms with van der Waals surface area (Å²) in [7, 11) is 0. The van der Waals surface area contributed by atoms with Gasteiger partial charge in [-0.15, -0.1) is 0 Å². The highest BCUT2D eigenvalue weighted by molar-refractivity contribution is 6.06. The third-order valence-corrected chi connectivity index (χ3v) is 4.08. The van der Waals surface area contributed by atoms with Crippen molar-refractivity contribution >= 4 is 17.3 Å². The fourth-order valence-electron chi connectivity index (χ4n) is 3.01. The number of nitrogen functional groups attached to an aromatic ring is 1. The molecular weight excluding hydrogens is 262 g/mol. The molecule has 0 spiro atoms. The molecule has 0 aliphatic carbocycles. The van der Waals surface area contributed by atoms with Gasteiger partial charge in [0, 0.05) is 25.0 Å². The van der Waals surface area contributed by atoms with Crippen molar-refractivity contribution in [2.45, 2.75) is 32.7 Å². The molecule has 0 radical (unpaired) electrons. The number of hydrogen-bond acceptors (Lipinski definition) is 2. The molecule has 2 N–H and O–H groups in total. The summed E-state index contributed by atoms with van der Waals surface area (Å²) < 4.78 is 1.92. The van der Waals surface area contributed by atoms with Crippen molar-refractivity contribution in [1.29, 1.82) is 0 Å². The van der Waals surface area contributed by atoms with E-state index in [2.05, 4.69) is 6.07 Å². The average Bonchev–Trinajstić information content (AvgIpc) is 2.75. The van der Waals surface area contributed by atoms with E-state index < -0.39 is 0 Å². The van der Waals surface area contributed by atoms with Crippen LogP contribution in [0.25, 0.3) is 0 Å². The molecule has 1 aromatic heterocycles. The van der Waals surface area contributed by atoms with E-state index in [1.807, 2.05) is 40.8 Å². The minimum atomic E-state index is 0.0444. The highest BCUT2D eigenvalue weighted by Gasteiger charge is 2.24. The minimum absolute atomic E-state index is 0.0444. The van der Waals surface area contributed by atoms with Gasteiger partial charge in [-0.05, 0) is 43.9 Å². The van der Waals surface area contributed by atoms with Crippen LogP contribution in [0.5, 0.6) is 0 Å². The largest absolute Gasteiger partial charge is 0.397 e. The normalized spacial score (nSPS) is 14.6. The number of aryl methyl sites for hydroxylation is 2. The van der Waals surface area contributed by atoms with E-state index in [4.69, 9.17) is 5.73 Å². The number of aromatic nitrogens is 1. The number of anilines is 2. The zero-order chi connectivity index (χ0) is 14.8. The second-order valence-corrected chi connectivity index (χ2v) is 5.49. The molecule has 3 rings (SSSR count). The molecule has 1 amide bonds. The zero-order valence-electron chi connectivity index (χ0n) is 12.4. The van der Waals surface area contributed by atoms with Crippen molar-refractivity contribution in [3.63, 3.8) is 0 Å². The van der Waals surface area contributed by atoms with Crippen LogP contribution in [-0.2, 0) is 13.0 Å². The second kappa shape index (κ2) is 5.64. The van der Waals surface area contributed by atoms with Crippen LogP contribution in [0, 0.1) is 0 Å². The molecule has 0 saturated carbocycles. The van der Waals surface area contributed by atoms with Crippen LogP contribution in [0.4, 0.5) is 11.4 Å². The number of carbonyl (C=O) groups is 1. The van der Waals surface area contributed by atoms with E-state index >= 15 is 0 Å². The summed E-state index contributed by atoms with van der Waals surface area (Å²) in [5, 5.41) is 0. The molecule has 1 aliphatic rings. The number of rotatable bonds is 2. The standard InChI is InChI=1S/C17H21N3O/c1-2-19-12-14(18)11-16(19)17(21)20-10-6-5-8-13-7-3-4-9-15(13)20/h3-4,7,9,11-12H,2,5-6,8,10,18H2,1H3. The third-order valence-electron chi connectivity index (χ3n) is 4.08. The summed E-state index contributed by atoms with van der Waals surface area (Å²) in [4.78, 5) is 14.9. The summed E-state index contributed by atoms with van der Waals surface area (Å²) in [5.74, 6) is 0.0444. The Hall–Kier alpha value is -2.23. The van der Waals surface area contributed by atoms with Crippen molar-refractivity contribution in [3.05, 3.63) is 47.8 Å². The van der Waals surface area contributed by atoms with Crippen LogP contribution < -0.4 is 10.6 Å². The third kappa shape index (κ3) is 2.53. The van der Waals surface area contributed by atoms with Crippen molar-refractivity contribution in [2.24, 2.45) is 0 Å².